The van der Waals surface area contributed by atoms with Gasteiger partial charge in [-0.2, -0.15) is 0 Å². The molecule has 1 aromatic heterocycles. The lowest BCUT2D eigenvalue weighted by Crippen LogP contribution is -2.27. The van der Waals surface area contributed by atoms with Crippen LogP contribution in [0.4, 0.5) is 0 Å². The fourth-order valence-corrected chi connectivity index (χ4v) is 3.56. The monoisotopic (exact) mass is 305 g/mol. The van der Waals surface area contributed by atoms with Gasteiger partial charge in [0.15, 0.2) is 0 Å². The van der Waals surface area contributed by atoms with Gasteiger partial charge in [-0.3, -0.25) is 0 Å². The highest BCUT2D eigenvalue weighted by atomic mass is 35.5. The first-order valence-corrected chi connectivity index (χ1v) is 8.56. The quantitative estimate of drug-likeness (QED) is 0.791. The van der Waals surface area contributed by atoms with Crippen molar-refractivity contribution >= 4 is 22.9 Å². The average Bonchev–Trinajstić information content (AvgIpc) is 3.15. The summed E-state index contributed by atoms with van der Waals surface area (Å²) in [5.41, 5.74) is 1.27. The van der Waals surface area contributed by atoms with Gasteiger partial charge in [-0.05, 0) is 61.2 Å². The summed E-state index contributed by atoms with van der Waals surface area (Å²) >= 11 is 8.16. The van der Waals surface area contributed by atoms with Gasteiger partial charge >= 0.3 is 0 Å². The average molecular weight is 306 g/mol. The molecule has 0 radical (unpaired) electrons. The van der Waals surface area contributed by atoms with Crippen molar-refractivity contribution in [3.63, 3.8) is 0 Å². The molecule has 0 saturated heterocycles. The molecule has 20 heavy (non-hydrogen) atoms. The van der Waals surface area contributed by atoms with E-state index < -0.39 is 0 Å². The fraction of sp³-hybridized carbons (Fsp3) is 0.412. The van der Waals surface area contributed by atoms with Crippen molar-refractivity contribution in [1.29, 1.82) is 0 Å². The van der Waals surface area contributed by atoms with Gasteiger partial charge in [0, 0.05) is 15.9 Å². The van der Waals surface area contributed by atoms with E-state index in [9.17, 15) is 0 Å². The highest BCUT2D eigenvalue weighted by Crippen LogP contribution is 2.24. The van der Waals surface area contributed by atoms with Crippen LogP contribution in [0, 0.1) is 5.92 Å². The SMILES string of the molecule is Clc1ccccc1CC(CNC1CC1)Cc1cccs1. The van der Waals surface area contributed by atoms with Crippen molar-refractivity contribution in [3.05, 3.63) is 57.2 Å². The van der Waals surface area contributed by atoms with E-state index in [2.05, 4.69) is 35.0 Å². The van der Waals surface area contributed by atoms with Crippen molar-refractivity contribution in [3.8, 4) is 0 Å². The van der Waals surface area contributed by atoms with E-state index in [0.717, 1.165) is 30.5 Å². The maximum absolute atomic E-state index is 6.31. The summed E-state index contributed by atoms with van der Waals surface area (Å²) in [4.78, 5) is 1.47. The number of rotatable bonds is 7. The molecule has 1 aliphatic carbocycles. The third kappa shape index (κ3) is 4.08. The first kappa shape index (κ1) is 14.1. The van der Waals surface area contributed by atoms with Crippen LogP contribution in [-0.4, -0.2) is 12.6 Å². The largest absolute Gasteiger partial charge is 0.314 e. The van der Waals surface area contributed by atoms with Crippen LogP contribution in [0.1, 0.15) is 23.3 Å². The number of thiophene rings is 1. The van der Waals surface area contributed by atoms with Crippen LogP contribution >= 0.6 is 22.9 Å². The smallest absolute Gasteiger partial charge is 0.0438 e. The van der Waals surface area contributed by atoms with E-state index in [1.54, 1.807) is 0 Å². The number of nitrogens with one attached hydrogen (secondary N) is 1. The predicted molar refractivity (Wildman–Crippen MR) is 87.7 cm³/mol. The molecule has 2 aromatic rings. The number of hydrogen-bond acceptors (Lipinski definition) is 2. The Morgan fingerprint density at radius 1 is 1.15 bits per heavy atom. The van der Waals surface area contributed by atoms with Crippen LogP contribution in [0.25, 0.3) is 0 Å². The maximum atomic E-state index is 6.31. The zero-order valence-corrected chi connectivity index (χ0v) is 13.1. The molecule has 0 bridgehead atoms. The Hall–Kier alpha value is -0.830. The summed E-state index contributed by atoms with van der Waals surface area (Å²) in [6.45, 7) is 1.09. The zero-order valence-electron chi connectivity index (χ0n) is 11.5. The molecular weight excluding hydrogens is 286 g/mol. The van der Waals surface area contributed by atoms with E-state index in [1.165, 1.54) is 23.3 Å². The Bertz CT molecular complexity index is 534. The Kier molecular flexibility index (Phi) is 4.77. The first-order valence-electron chi connectivity index (χ1n) is 7.30. The van der Waals surface area contributed by atoms with Gasteiger partial charge in [-0.15, -0.1) is 11.3 Å². The van der Waals surface area contributed by atoms with Crippen molar-refractivity contribution < 1.29 is 0 Å². The van der Waals surface area contributed by atoms with E-state index in [0.29, 0.717) is 5.92 Å². The van der Waals surface area contributed by atoms with Crippen LogP contribution in [0.5, 0.6) is 0 Å². The molecule has 106 valence electrons. The molecule has 0 spiro atoms. The van der Waals surface area contributed by atoms with Gasteiger partial charge in [-0.25, -0.2) is 0 Å². The van der Waals surface area contributed by atoms with Gasteiger partial charge < -0.3 is 5.32 Å². The van der Waals surface area contributed by atoms with Crippen LogP contribution in [-0.2, 0) is 12.8 Å². The van der Waals surface area contributed by atoms with Crippen molar-refractivity contribution in [1.82, 2.24) is 5.32 Å². The second kappa shape index (κ2) is 6.75. The lowest BCUT2D eigenvalue weighted by atomic mass is 9.95. The molecule has 1 fully saturated rings. The summed E-state index contributed by atoms with van der Waals surface area (Å²) < 4.78 is 0. The minimum Gasteiger partial charge on any atom is -0.314 e. The molecule has 3 heteroatoms. The summed E-state index contributed by atoms with van der Waals surface area (Å²) in [5.74, 6) is 0.620. The second-order valence-electron chi connectivity index (χ2n) is 5.63. The lowest BCUT2D eigenvalue weighted by molar-refractivity contribution is 0.471. The molecule has 0 aliphatic heterocycles. The van der Waals surface area contributed by atoms with Crippen molar-refractivity contribution in [2.45, 2.75) is 31.7 Å². The third-order valence-electron chi connectivity index (χ3n) is 3.81. The van der Waals surface area contributed by atoms with E-state index in [4.69, 9.17) is 11.6 Å². The van der Waals surface area contributed by atoms with E-state index in [1.807, 2.05) is 23.5 Å². The Morgan fingerprint density at radius 3 is 2.70 bits per heavy atom. The van der Waals surface area contributed by atoms with Gasteiger partial charge in [0.2, 0.25) is 0 Å². The van der Waals surface area contributed by atoms with Crippen LogP contribution < -0.4 is 5.32 Å². The van der Waals surface area contributed by atoms with Gasteiger partial charge in [-0.1, -0.05) is 35.9 Å². The zero-order chi connectivity index (χ0) is 13.8. The predicted octanol–water partition coefficient (Wildman–Crippen LogP) is 4.55. The number of hydrogen-bond donors (Lipinski definition) is 1. The van der Waals surface area contributed by atoms with E-state index >= 15 is 0 Å². The normalized spacial score (nSPS) is 16.2. The molecule has 1 heterocycles. The highest BCUT2D eigenvalue weighted by molar-refractivity contribution is 7.09. The van der Waals surface area contributed by atoms with Crippen LogP contribution in [0.3, 0.4) is 0 Å². The molecule has 1 aliphatic rings. The summed E-state index contributed by atoms with van der Waals surface area (Å²) in [5, 5.41) is 6.73. The molecular formula is C17H20ClNS. The lowest BCUT2D eigenvalue weighted by Gasteiger charge is -2.18. The molecule has 1 saturated carbocycles. The summed E-state index contributed by atoms with van der Waals surface area (Å²) in [6.07, 6.45) is 4.88. The maximum Gasteiger partial charge on any atom is 0.0438 e. The van der Waals surface area contributed by atoms with E-state index in [-0.39, 0.29) is 0 Å². The van der Waals surface area contributed by atoms with Crippen molar-refractivity contribution in [2.24, 2.45) is 5.92 Å². The molecule has 1 atom stereocenters. The third-order valence-corrected chi connectivity index (χ3v) is 5.08. The van der Waals surface area contributed by atoms with Gasteiger partial charge in [0.05, 0.1) is 0 Å². The molecule has 1 aromatic carbocycles. The summed E-state index contributed by atoms with van der Waals surface area (Å²) in [6, 6.07) is 13.4. The Labute approximate surface area is 130 Å². The Balaban J connectivity index is 1.65. The minimum absolute atomic E-state index is 0.620. The summed E-state index contributed by atoms with van der Waals surface area (Å²) in [7, 11) is 0. The first-order chi connectivity index (χ1) is 9.81. The van der Waals surface area contributed by atoms with Crippen LogP contribution in [0.15, 0.2) is 41.8 Å². The molecule has 3 rings (SSSR count). The van der Waals surface area contributed by atoms with Gasteiger partial charge in [0.25, 0.3) is 0 Å². The fourth-order valence-electron chi connectivity index (χ4n) is 2.53. The standard InChI is InChI=1S/C17H20ClNS/c18-17-6-2-1-4-14(17)10-13(12-19-15-7-8-15)11-16-5-3-9-20-16/h1-6,9,13,15,19H,7-8,10-12H2. The molecule has 1 N–H and O–H groups in total. The topological polar surface area (TPSA) is 12.0 Å². The van der Waals surface area contributed by atoms with Crippen LogP contribution in [0.2, 0.25) is 5.02 Å². The number of halogens is 1. The molecule has 1 nitrogen and oxygen atoms in total. The molecule has 0 amide bonds. The van der Waals surface area contributed by atoms with Crippen molar-refractivity contribution in [2.75, 3.05) is 6.54 Å². The molecule has 1 unspecified atom stereocenters. The second-order valence-corrected chi connectivity index (χ2v) is 7.07. The number of benzene rings is 1. The van der Waals surface area contributed by atoms with Gasteiger partial charge in [0.1, 0.15) is 0 Å². The highest BCUT2D eigenvalue weighted by Gasteiger charge is 2.22. The minimum atomic E-state index is 0.620. The Morgan fingerprint density at radius 2 is 2.00 bits per heavy atom.